The van der Waals surface area contributed by atoms with Crippen molar-refractivity contribution in [2.45, 2.75) is 0 Å². The number of carbonyl (C=O) groups excluding carboxylic acids is 2. The van der Waals surface area contributed by atoms with Gasteiger partial charge in [-0.25, -0.2) is 13.6 Å². The van der Waals surface area contributed by atoms with Gasteiger partial charge in [0.1, 0.15) is 23.1 Å². The zero-order valence-electron chi connectivity index (χ0n) is 15.2. The second kappa shape index (κ2) is 9.45. The van der Waals surface area contributed by atoms with Crippen molar-refractivity contribution < 1.29 is 27.8 Å². The van der Waals surface area contributed by atoms with E-state index >= 15 is 0 Å². The monoisotopic (exact) mass is 397 g/mol. The molecular weight excluding hydrogens is 380 g/mol. The molecule has 3 aromatic rings. The topological polar surface area (TPSA) is 64.6 Å². The number of ether oxygens (including phenoxy) is 2. The van der Waals surface area contributed by atoms with Crippen LogP contribution in [0.15, 0.2) is 72.8 Å². The lowest BCUT2D eigenvalue weighted by Crippen LogP contribution is -2.24. The van der Waals surface area contributed by atoms with E-state index in [-0.39, 0.29) is 0 Å². The van der Waals surface area contributed by atoms with Crippen LogP contribution in [-0.4, -0.2) is 25.1 Å². The van der Waals surface area contributed by atoms with Crippen LogP contribution in [-0.2, 0) is 14.3 Å². The highest BCUT2D eigenvalue weighted by molar-refractivity contribution is 5.93. The Kier molecular flexibility index (Phi) is 6.52. The number of nitrogens with one attached hydrogen (secondary N) is 1. The Morgan fingerprint density at radius 2 is 1.45 bits per heavy atom. The third-order valence-corrected chi connectivity index (χ3v) is 3.91. The second-order valence-corrected chi connectivity index (χ2v) is 5.96. The molecular formula is C22H17F2NO4. The average Bonchev–Trinajstić information content (AvgIpc) is 2.74. The first-order valence-corrected chi connectivity index (χ1v) is 8.71. The van der Waals surface area contributed by atoms with Crippen LogP contribution in [0.2, 0.25) is 0 Å². The molecule has 1 amide bonds. The fourth-order valence-corrected chi connectivity index (χ4v) is 2.57. The van der Waals surface area contributed by atoms with Gasteiger partial charge in [-0.15, -0.1) is 0 Å². The number of carbonyl (C=O) groups is 2. The van der Waals surface area contributed by atoms with Crippen LogP contribution >= 0.6 is 0 Å². The fourth-order valence-electron chi connectivity index (χ4n) is 2.57. The maximum Gasteiger partial charge on any atom is 0.344 e. The van der Waals surface area contributed by atoms with Gasteiger partial charge in [0, 0.05) is 5.56 Å². The van der Waals surface area contributed by atoms with E-state index in [1.807, 2.05) is 47.8 Å². The molecule has 0 aromatic heterocycles. The molecule has 3 rings (SSSR count). The van der Waals surface area contributed by atoms with Crippen LogP contribution < -0.4 is 10.1 Å². The van der Waals surface area contributed by atoms with Crippen LogP contribution in [0.3, 0.4) is 0 Å². The van der Waals surface area contributed by atoms with Gasteiger partial charge in [-0.3, -0.25) is 4.79 Å². The van der Waals surface area contributed by atoms with Crippen LogP contribution in [0.1, 0.15) is 0 Å². The Bertz CT molecular complexity index is 988. The molecule has 0 bridgehead atoms. The maximum atomic E-state index is 13.5. The molecule has 0 aliphatic heterocycles. The van der Waals surface area contributed by atoms with Crippen molar-refractivity contribution in [3.63, 3.8) is 0 Å². The summed E-state index contributed by atoms with van der Waals surface area (Å²) >= 11 is 0. The average molecular weight is 397 g/mol. The molecule has 0 radical (unpaired) electrons. The minimum atomic E-state index is -0.925. The van der Waals surface area contributed by atoms with Crippen LogP contribution in [0.4, 0.5) is 14.5 Å². The second-order valence-electron chi connectivity index (χ2n) is 5.96. The lowest BCUT2D eigenvalue weighted by molar-refractivity contribution is -0.149. The molecule has 0 atom stereocenters. The lowest BCUT2D eigenvalue weighted by atomic mass is 10.1. The summed E-state index contributed by atoms with van der Waals surface area (Å²) in [5, 5.41) is 2.03. The van der Waals surface area contributed by atoms with E-state index < -0.39 is 42.4 Å². The van der Waals surface area contributed by atoms with Gasteiger partial charge in [-0.05, 0) is 23.8 Å². The molecule has 0 fully saturated rings. The quantitative estimate of drug-likeness (QED) is 0.607. The molecule has 5 nitrogen and oxygen atoms in total. The fraction of sp³-hybridized carbons (Fsp3) is 0.0909. The highest BCUT2D eigenvalue weighted by atomic mass is 19.1. The lowest BCUT2D eigenvalue weighted by Gasteiger charge is -2.12. The van der Waals surface area contributed by atoms with Crippen molar-refractivity contribution in [1.29, 1.82) is 0 Å². The highest BCUT2D eigenvalue weighted by Crippen LogP contribution is 2.29. The number of hydrogen-bond acceptors (Lipinski definition) is 4. The van der Waals surface area contributed by atoms with Gasteiger partial charge in [-0.1, -0.05) is 54.6 Å². The highest BCUT2D eigenvalue weighted by Gasteiger charge is 2.14. The zero-order valence-corrected chi connectivity index (χ0v) is 15.2. The molecule has 1 N–H and O–H groups in total. The summed E-state index contributed by atoms with van der Waals surface area (Å²) in [6, 6.07) is 19.8. The summed E-state index contributed by atoms with van der Waals surface area (Å²) in [6.07, 6.45) is 0. The van der Waals surface area contributed by atoms with E-state index in [0.717, 1.165) is 23.3 Å². The van der Waals surface area contributed by atoms with Crippen LogP contribution in [0, 0.1) is 11.6 Å². The number of esters is 1. The Labute approximate surface area is 165 Å². The molecule has 3 aromatic carbocycles. The van der Waals surface area contributed by atoms with Gasteiger partial charge in [0.05, 0.1) is 0 Å². The molecule has 0 aliphatic carbocycles. The number of amides is 1. The summed E-state index contributed by atoms with van der Waals surface area (Å²) in [5.74, 6) is -3.03. The largest absolute Gasteiger partial charge is 0.481 e. The molecule has 0 heterocycles. The summed E-state index contributed by atoms with van der Waals surface area (Å²) < 4.78 is 37.3. The van der Waals surface area contributed by atoms with E-state index in [1.165, 1.54) is 6.07 Å². The maximum absolute atomic E-state index is 13.5. The van der Waals surface area contributed by atoms with Gasteiger partial charge < -0.3 is 14.8 Å². The van der Waals surface area contributed by atoms with Crippen LogP contribution in [0.5, 0.6) is 5.75 Å². The summed E-state index contributed by atoms with van der Waals surface area (Å²) in [5.41, 5.74) is 1.12. The van der Waals surface area contributed by atoms with Crippen molar-refractivity contribution in [2.24, 2.45) is 0 Å². The SMILES string of the molecule is O=C(COC(=O)COc1ccccc1-c1ccccc1)Nc1c(F)cccc1F. The van der Waals surface area contributed by atoms with E-state index in [2.05, 4.69) is 0 Å². The van der Waals surface area contributed by atoms with Gasteiger partial charge in [0.15, 0.2) is 13.2 Å². The Morgan fingerprint density at radius 1 is 0.793 bits per heavy atom. The molecule has 0 saturated carbocycles. The summed E-state index contributed by atoms with van der Waals surface area (Å²) in [4.78, 5) is 23.7. The first kappa shape index (κ1) is 20.0. The first-order chi connectivity index (χ1) is 14.0. The third kappa shape index (κ3) is 5.38. The van der Waals surface area contributed by atoms with Crippen LogP contribution in [0.25, 0.3) is 11.1 Å². The van der Waals surface area contributed by atoms with Gasteiger partial charge in [0.2, 0.25) is 0 Å². The normalized spacial score (nSPS) is 10.3. The third-order valence-electron chi connectivity index (χ3n) is 3.91. The smallest absolute Gasteiger partial charge is 0.344 e. The van der Waals surface area contributed by atoms with Crippen molar-refractivity contribution in [3.8, 4) is 16.9 Å². The number of rotatable bonds is 7. The van der Waals surface area contributed by atoms with Gasteiger partial charge in [-0.2, -0.15) is 0 Å². The van der Waals surface area contributed by atoms with E-state index in [9.17, 15) is 18.4 Å². The van der Waals surface area contributed by atoms with Gasteiger partial charge in [0.25, 0.3) is 5.91 Å². The molecule has 148 valence electrons. The molecule has 0 aliphatic rings. The Hall–Kier alpha value is -3.74. The first-order valence-electron chi connectivity index (χ1n) is 8.71. The summed E-state index contributed by atoms with van der Waals surface area (Å²) in [6.45, 7) is -1.12. The van der Waals surface area contributed by atoms with E-state index in [1.54, 1.807) is 12.1 Å². The number of anilines is 1. The Morgan fingerprint density at radius 3 is 2.17 bits per heavy atom. The van der Waals surface area contributed by atoms with Crippen molar-refractivity contribution >= 4 is 17.6 Å². The molecule has 7 heteroatoms. The number of benzene rings is 3. The molecule has 0 spiro atoms. The van der Waals surface area contributed by atoms with Crippen molar-refractivity contribution in [2.75, 3.05) is 18.5 Å². The standard InChI is InChI=1S/C22H17F2NO4/c23-17-10-6-11-18(24)22(17)25-20(26)13-29-21(27)14-28-19-12-5-4-9-16(19)15-7-2-1-3-8-15/h1-12H,13-14H2,(H,25,26). The number of halogens is 2. The number of hydrogen-bond donors (Lipinski definition) is 1. The number of para-hydroxylation sites is 2. The molecule has 0 unspecified atom stereocenters. The molecule has 0 saturated heterocycles. The van der Waals surface area contributed by atoms with E-state index in [0.29, 0.717) is 5.75 Å². The minimum Gasteiger partial charge on any atom is -0.481 e. The minimum absolute atomic E-state index is 0.425. The molecule has 29 heavy (non-hydrogen) atoms. The predicted molar refractivity (Wildman–Crippen MR) is 103 cm³/mol. The van der Waals surface area contributed by atoms with Crippen molar-refractivity contribution in [3.05, 3.63) is 84.4 Å². The Balaban J connectivity index is 1.53. The van der Waals surface area contributed by atoms with Gasteiger partial charge >= 0.3 is 5.97 Å². The van der Waals surface area contributed by atoms with Crippen molar-refractivity contribution in [1.82, 2.24) is 0 Å². The van der Waals surface area contributed by atoms with E-state index in [4.69, 9.17) is 9.47 Å². The summed E-state index contributed by atoms with van der Waals surface area (Å²) in [7, 11) is 0. The predicted octanol–water partition coefficient (Wildman–Crippen LogP) is 4.19. The zero-order chi connectivity index (χ0) is 20.6.